The highest BCUT2D eigenvalue weighted by atomic mass is 35.5. The van der Waals surface area contributed by atoms with Crippen molar-refractivity contribution in [2.75, 3.05) is 5.88 Å². The summed E-state index contributed by atoms with van der Waals surface area (Å²) in [5.74, 6) is -0.153. The average molecular weight is 244 g/mol. The number of nitrogens with zero attached hydrogens (tertiary/aromatic N) is 2. The first-order valence-electron chi connectivity index (χ1n) is 5.26. The summed E-state index contributed by atoms with van der Waals surface area (Å²) >= 11 is 5.49. The molecule has 1 aromatic rings. The van der Waals surface area contributed by atoms with Gasteiger partial charge in [-0.2, -0.15) is 5.10 Å². The minimum atomic E-state index is -0.145. The van der Waals surface area contributed by atoms with Crippen LogP contribution in [0.4, 0.5) is 0 Å². The van der Waals surface area contributed by atoms with Gasteiger partial charge in [0.05, 0.1) is 12.6 Å². The zero-order valence-corrected chi connectivity index (χ0v) is 10.7. The molecule has 0 radical (unpaired) electrons. The fourth-order valence-corrected chi connectivity index (χ4v) is 1.44. The van der Waals surface area contributed by atoms with Gasteiger partial charge < -0.3 is 5.32 Å². The molecule has 1 atom stereocenters. The normalized spacial score (nSPS) is 13.5. The first-order chi connectivity index (χ1) is 7.43. The molecule has 0 spiro atoms. The van der Waals surface area contributed by atoms with E-state index < -0.39 is 0 Å². The van der Waals surface area contributed by atoms with E-state index in [1.807, 2.05) is 16.9 Å². The number of aromatic nitrogens is 2. The van der Waals surface area contributed by atoms with Crippen LogP contribution in [0.15, 0.2) is 18.5 Å². The van der Waals surface area contributed by atoms with E-state index in [9.17, 15) is 4.79 Å². The number of carbonyl (C=O) groups is 1. The third-order valence-corrected chi connectivity index (χ3v) is 2.67. The van der Waals surface area contributed by atoms with Gasteiger partial charge in [0.1, 0.15) is 5.88 Å². The van der Waals surface area contributed by atoms with E-state index in [4.69, 9.17) is 11.6 Å². The molecule has 0 saturated carbocycles. The Kier molecular flexibility index (Phi) is 4.35. The zero-order chi connectivity index (χ0) is 12.2. The molecule has 0 aliphatic carbocycles. The minimum absolute atomic E-state index is 0.00825. The number of halogens is 1. The lowest BCUT2D eigenvalue weighted by Crippen LogP contribution is -2.47. The molecular weight excluding hydrogens is 226 g/mol. The van der Waals surface area contributed by atoms with Crippen molar-refractivity contribution in [1.82, 2.24) is 15.1 Å². The maximum Gasteiger partial charge on any atom is 0.235 e. The fourth-order valence-electron chi connectivity index (χ4n) is 1.36. The van der Waals surface area contributed by atoms with E-state index in [1.54, 1.807) is 6.20 Å². The maximum absolute atomic E-state index is 11.3. The number of rotatable bonds is 4. The van der Waals surface area contributed by atoms with Gasteiger partial charge in [-0.1, -0.05) is 20.8 Å². The lowest BCUT2D eigenvalue weighted by Gasteiger charge is -2.31. The van der Waals surface area contributed by atoms with Crippen LogP contribution in [-0.2, 0) is 11.3 Å². The molecule has 4 nitrogen and oxygen atoms in total. The zero-order valence-electron chi connectivity index (χ0n) is 9.90. The summed E-state index contributed by atoms with van der Waals surface area (Å²) in [6.45, 7) is 6.89. The van der Waals surface area contributed by atoms with Crippen LogP contribution < -0.4 is 5.32 Å². The molecule has 0 aromatic carbocycles. The van der Waals surface area contributed by atoms with Crippen molar-refractivity contribution < 1.29 is 4.79 Å². The Labute approximate surface area is 101 Å². The molecule has 0 aliphatic heterocycles. The van der Waals surface area contributed by atoms with Crippen molar-refractivity contribution in [3.63, 3.8) is 0 Å². The van der Waals surface area contributed by atoms with Crippen LogP contribution in [0, 0.1) is 5.41 Å². The Bertz CT molecular complexity index is 329. The molecule has 0 saturated heterocycles. The molecule has 1 heterocycles. The van der Waals surface area contributed by atoms with Crippen molar-refractivity contribution >= 4 is 17.5 Å². The monoisotopic (exact) mass is 243 g/mol. The third kappa shape index (κ3) is 3.85. The van der Waals surface area contributed by atoms with Gasteiger partial charge in [-0.05, 0) is 11.5 Å². The predicted molar refractivity (Wildman–Crippen MR) is 64.3 cm³/mol. The first-order valence-corrected chi connectivity index (χ1v) is 5.79. The maximum atomic E-state index is 11.3. The molecule has 1 aromatic heterocycles. The predicted octanol–water partition coefficient (Wildman–Crippen LogP) is 1.65. The molecule has 1 amide bonds. The average Bonchev–Trinajstić information content (AvgIpc) is 2.67. The van der Waals surface area contributed by atoms with Gasteiger partial charge in [-0.15, -0.1) is 11.6 Å². The number of hydrogen-bond donors (Lipinski definition) is 1. The highest BCUT2D eigenvalue weighted by molar-refractivity contribution is 6.27. The Morgan fingerprint density at radius 2 is 2.25 bits per heavy atom. The molecule has 0 aliphatic rings. The smallest absolute Gasteiger partial charge is 0.235 e. The summed E-state index contributed by atoms with van der Waals surface area (Å²) in [4.78, 5) is 11.3. The van der Waals surface area contributed by atoms with E-state index in [-0.39, 0.29) is 23.2 Å². The summed E-state index contributed by atoms with van der Waals surface area (Å²) in [6.07, 6.45) is 3.61. The standard InChI is InChI=1S/C11H18ClN3O/c1-11(2,3)9(14-10(16)7-12)8-15-6-4-5-13-15/h4-6,9H,7-8H2,1-3H3,(H,14,16). The second kappa shape index (κ2) is 5.34. The van der Waals surface area contributed by atoms with E-state index in [1.165, 1.54) is 0 Å². The molecule has 1 rings (SSSR count). The van der Waals surface area contributed by atoms with Crippen molar-refractivity contribution in [3.8, 4) is 0 Å². The van der Waals surface area contributed by atoms with E-state index in [2.05, 4.69) is 31.2 Å². The van der Waals surface area contributed by atoms with Crippen LogP contribution in [0.5, 0.6) is 0 Å². The largest absolute Gasteiger partial charge is 0.350 e. The minimum Gasteiger partial charge on any atom is -0.350 e. The summed E-state index contributed by atoms with van der Waals surface area (Å²) in [6, 6.07) is 1.88. The number of carbonyl (C=O) groups excluding carboxylic acids is 1. The van der Waals surface area contributed by atoms with Crippen LogP contribution >= 0.6 is 11.6 Å². The Balaban J connectivity index is 2.68. The van der Waals surface area contributed by atoms with Gasteiger partial charge in [0.2, 0.25) is 5.91 Å². The number of nitrogens with one attached hydrogen (secondary N) is 1. The summed E-state index contributed by atoms with van der Waals surface area (Å²) in [7, 11) is 0. The van der Waals surface area contributed by atoms with Crippen LogP contribution in [-0.4, -0.2) is 27.6 Å². The third-order valence-electron chi connectivity index (χ3n) is 2.43. The van der Waals surface area contributed by atoms with E-state index >= 15 is 0 Å². The Hall–Kier alpha value is -1.03. The van der Waals surface area contributed by atoms with Crippen LogP contribution in [0.3, 0.4) is 0 Å². The fraction of sp³-hybridized carbons (Fsp3) is 0.636. The van der Waals surface area contributed by atoms with E-state index in [0.717, 1.165) is 0 Å². The molecule has 1 unspecified atom stereocenters. The molecule has 16 heavy (non-hydrogen) atoms. The Morgan fingerprint density at radius 3 is 2.69 bits per heavy atom. The van der Waals surface area contributed by atoms with Crippen LogP contribution in [0.2, 0.25) is 0 Å². The lowest BCUT2D eigenvalue weighted by atomic mass is 9.86. The second-order valence-corrected chi connectivity index (χ2v) is 5.12. The summed E-state index contributed by atoms with van der Waals surface area (Å²) in [5.41, 5.74) is -0.0341. The van der Waals surface area contributed by atoms with Crippen LogP contribution in [0.25, 0.3) is 0 Å². The molecule has 5 heteroatoms. The van der Waals surface area contributed by atoms with Crippen molar-refractivity contribution in [3.05, 3.63) is 18.5 Å². The molecule has 0 fully saturated rings. The van der Waals surface area contributed by atoms with Gasteiger partial charge >= 0.3 is 0 Å². The van der Waals surface area contributed by atoms with Gasteiger partial charge in [-0.25, -0.2) is 0 Å². The van der Waals surface area contributed by atoms with Crippen molar-refractivity contribution in [2.45, 2.75) is 33.4 Å². The summed E-state index contributed by atoms with van der Waals surface area (Å²) in [5, 5.41) is 7.05. The number of hydrogen-bond acceptors (Lipinski definition) is 2. The van der Waals surface area contributed by atoms with Gasteiger partial charge in [0, 0.05) is 12.4 Å². The summed E-state index contributed by atoms with van der Waals surface area (Å²) < 4.78 is 1.81. The van der Waals surface area contributed by atoms with Gasteiger partial charge in [0.15, 0.2) is 0 Å². The number of alkyl halides is 1. The van der Waals surface area contributed by atoms with Crippen LogP contribution in [0.1, 0.15) is 20.8 Å². The quantitative estimate of drug-likeness (QED) is 0.818. The molecule has 0 bridgehead atoms. The van der Waals surface area contributed by atoms with Gasteiger partial charge in [-0.3, -0.25) is 9.48 Å². The van der Waals surface area contributed by atoms with Gasteiger partial charge in [0.25, 0.3) is 0 Å². The van der Waals surface area contributed by atoms with Crippen molar-refractivity contribution in [1.29, 1.82) is 0 Å². The SMILES string of the molecule is CC(C)(C)C(Cn1cccn1)NC(=O)CCl. The Morgan fingerprint density at radius 1 is 1.56 bits per heavy atom. The first kappa shape index (κ1) is 13.0. The molecule has 90 valence electrons. The molecular formula is C11H18ClN3O. The second-order valence-electron chi connectivity index (χ2n) is 4.85. The number of amides is 1. The highest BCUT2D eigenvalue weighted by Crippen LogP contribution is 2.20. The van der Waals surface area contributed by atoms with Crippen molar-refractivity contribution in [2.24, 2.45) is 5.41 Å². The highest BCUT2D eigenvalue weighted by Gasteiger charge is 2.26. The molecule has 1 N–H and O–H groups in total. The van der Waals surface area contributed by atoms with E-state index in [0.29, 0.717) is 6.54 Å². The topological polar surface area (TPSA) is 46.9 Å². The lowest BCUT2D eigenvalue weighted by molar-refractivity contribution is -0.120.